The van der Waals surface area contributed by atoms with E-state index in [0.29, 0.717) is 22.6 Å². The van der Waals surface area contributed by atoms with Gasteiger partial charge in [-0.1, -0.05) is 18.2 Å². The molecule has 0 aliphatic heterocycles. The highest BCUT2D eigenvalue weighted by molar-refractivity contribution is 6.05. The van der Waals surface area contributed by atoms with E-state index in [2.05, 4.69) is 16.0 Å². The van der Waals surface area contributed by atoms with Crippen molar-refractivity contribution in [2.24, 2.45) is 0 Å². The summed E-state index contributed by atoms with van der Waals surface area (Å²) in [5.41, 5.74) is 1.58. The van der Waals surface area contributed by atoms with Crippen LogP contribution in [0.3, 0.4) is 0 Å². The number of nitrogens with zero attached hydrogens (tertiary/aromatic N) is 3. The molecule has 1 aromatic carbocycles. The molecule has 0 saturated carbocycles. The third-order valence-corrected chi connectivity index (χ3v) is 2.46. The second-order valence-electron chi connectivity index (χ2n) is 3.51. The molecule has 4 heteroatoms. The van der Waals surface area contributed by atoms with E-state index in [1.807, 2.05) is 24.3 Å². The fourth-order valence-corrected chi connectivity index (χ4v) is 1.81. The van der Waals surface area contributed by atoms with Crippen molar-refractivity contribution in [1.29, 1.82) is 5.26 Å². The summed E-state index contributed by atoms with van der Waals surface area (Å²) in [6, 6.07) is 9.62. The Morgan fingerprint density at radius 1 is 1.25 bits per heavy atom. The van der Waals surface area contributed by atoms with E-state index in [0.717, 1.165) is 11.0 Å². The van der Waals surface area contributed by atoms with Crippen LogP contribution >= 0.6 is 0 Å². The van der Waals surface area contributed by atoms with E-state index in [4.69, 9.17) is 9.68 Å². The van der Waals surface area contributed by atoms with Gasteiger partial charge in [-0.05, 0) is 13.0 Å². The summed E-state index contributed by atoms with van der Waals surface area (Å²) in [5.74, 6) is 0.545. The highest BCUT2D eigenvalue weighted by atomic mass is 16.3. The predicted octanol–water partition coefficient (Wildman–Crippen LogP) is 2.56. The van der Waals surface area contributed by atoms with Crippen molar-refractivity contribution in [2.45, 2.75) is 6.92 Å². The maximum Gasteiger partial charge on any atom is 0.231 e. The topological polar surface area (TPSA) is 62.7 Å². The fraction of sp³-hybridized carbons (Fsp3) is 0.0833. The number of aromatic nitrogens is 2. The van der Waals surface area contributed by atoms with Gasteiger partial charge in [-0.2, -0.15) is 10.2 Å². The van der Waals surface area contributed by atoms with E-state index in [-0.39, 0.29) is 0 Å². The highest BCUT2D eigenvalue weighted by Gasteiger charge is 2.13. The molecule has 0 aliphatic carbocycles. The average Bonchev–Trinajstić information content (AvgIpc) is 2.65. The Balaban J connectivity index is 2.62. The Morgan fingerprint density at radius 3 is 2.88 bits per heavy atom. The van der Waals surface area contributed by atoms with Crippen LogP contribution in [0.2, 0.25) is 0 Å². The minimum atomic E-state index is 0.368. The van der Waals surface area contributed by atoms with Gasteiger partial charge in [0.25, 0.3) is 0 Å². The summed E-state index contributed by atoms with van der Waals surface area (Å²) in [4.78, 5) is 8.30. The molecule has 0 radical (unpaired) electrons. The molecular formula is C12H7N3O. The first-order chi connectivity index (χ1) is 7.79. The molecule has 3 rings (SSSR count). The summed E-state index contributed by atoms with van der Waals surface area (Å²) < 4.78 is 5.57. The van der Waals surface area contributed by atoms with E-state index >= 15 is 0 Å². The number of furan rings is 1. The normalized spacial score (nSPS) is 10.8. The number of hydrogen-bond donors (Lipinski definition) is 0. The van der Waals surface area contributed by atoms with Crippen molar-refractivity contribution in [3.63, 3.8) is 0 Å². The summed E-state index contributed by atoms with van der Waals surface area (Å²) in [6.45, 7) is 1.74. The molecule has 3 aromatic rings. The third-order valence-electron chi connectivity index (χ3n) is 2.46. The van der Waals surface area contributed by atoms with Crippen LogP contribution in [0.25, 0.3) is 22.1 Å². The lowest BCUT2D eigenvalue weighted by Crippen LogP contribution is -1.91. The van der Waals surface area contributed by atoms with Gasteiger partial charge in [0, 0.05) is 5.39 Å². The second-order valence-corrected chi connectivity index (χ2v) is 3.51. The van der Waals surface area contributed by atoms with Crippen molar-refractivity contribution in [2.75, 3.05) is 0 Å². The minimum Gasteiger partial charge on any atom is -0.438 e. The molecule has 0 fully saturated rings. The van der Waals surface area contributed by atoms with Gasteiger partial charge in [-0.3, -0.25) is 0 Å². The lowest BCUT2D eigenvalue weighted by atomic mass is 10.2. The Hall–Kier alpha value is -2.41. The molecule has 0 amide bonds. The molecule has 2 aromatic heterocycles. The molecule has 0 bridgehead atoms. The zero-order valence-electron chi connectivity index (χ0n) is 8.56. The highest BCUT2D eigenvalue weighted by Crippen LogP contribution is 2.28. The summed E-state index contributed by atoms with van der Waals surface area (Å²) in [7, 11) is 0. The van der Waals surface area contributed by atoms with Crippen molar-refractivity contribution in [3.8, 4) is 6.07 Å². The van der Waals surface area contributed by atoms with Gasteiger partial charge in [0.2, 0.25) is 5.71 Å². The van der Waals surface area contributed by atoms with Gasteiger partial charge in [-0.25, -0.2) is 4.98 Å². The zero-order chi connectivity index (χ0) is 11.1. The molecule has 16 heavy (non-hydrogen) atoms. The predicted molar refractivity (Wildman–Crippen MR) is 58.8 cm³/mol. The first-order valence-electron chi connectivity index (χ1n) is 4.85. The average molecular weight is 209 g/mol. The molecular weight excluding hydrogens is 202 g/mol. The van der Waals surface area contributed by atoms with Crippen LogP contribution in [0, 0.1) is 18.3 Å². The molecule has 0 N–H and O–H groups in total. The largest absolute Gasteiger partial charge is 0.438 e. The molecule has 0 saturated heterocycles. The van der Waals surface area contributed by atoms with Crippen LogP contribution in [-0.4, -0.2) is 9.97 Å². The molecule has 0 unspecified atom stereocenters. The standard InChI is InChI=1S/C12H7N3O/c1-7-14-9(6-13)11-8-4-2-3-5-10(8)16-12(11)15-7/h2-5H,1H3. The second kappa shape index (κ2) is 3.04. The van der Waals surface area contributed by atoms with Crippen molar-refractivity contribution < 1.29 is 4.42 Å². The Morgan fingerprint density at radius 2 is 2.06 bits per heavy atom. The molecule has 0 spiro atoms. The van der Waals surface area contributed by atoms with E-state index in [1.54, 1.807) is 6.92 Å². The first kappa shape index (κ1) is 8.86. The van der Waals surface area contributed by atoms with Crippen LogP contribution < -0.4 is 0 Å². The maximum atomic E-state index is 9.06. The van der Waals surface area contributed by atoms with Gasteiger partial charge in [-0.15, -0.1) is 0 Å². The molecule has 2 heterocycles. The molecule has 76 valence electrons. The Kier molecular flexibility index (Phi) is 1.68. The van der Waals surface area contributed by atoms with E-state index in [1.165, 1.54) is 0 Å². The molecule has 4 nitrogen and oxygen atoms in total. The van der Waals surface area contributed by atoms with Gasteiger partial charge in [0.05, 0.1) is 5.39 Å². The van der Waals surface area contributed by atoms with Crippen molar-refractivity contribution >= 4 is 22.1 Å². The van der Waals surface area contributed by atoms with Crippen LogP contribution in [0.5, 0.6) is 0 Å². The third kappa shape index (κ3) is 1.09. The number of fused-ring (bicyclic) bond motifs is 3. The Bertz CT molecular complexity index is 737. The fourth-order valence-electron chi connectivity index (χ4n) is 1.81. The monoisotopic (exact) mass is 209 g/mol. The van der Waals surface area contributed by atoms with Gasteiger partial charge in [0.1, 0.15) is 17.5 Å². The van der Waals surface area contributed by atoms with Crippen molar-refractivity contribution in [1.82, 2.24) is 9.97 Å². The van der Waals surface area contributed by atoms with Crippen LogP contribution in [-0.2, 0) is 0 Å². The van der Waals surface area contributed by atoms with Gasteiger partial charge >= 0.3 is 0 Å². The van der Waals surface area contributed by atoms with Crippen LogP contribution in [0.15, 0.2) is 28.7 Å². The number of rotatable bonds is 0. The summed E-state index contributed by atoms with van der Waals surface area (Å²) in [5, 5.41) is 10.6. The maximum absolute atomic E-state index is 9.06. The zero-order valence-corrected chi connectivity index (χ0v) is 8.56. The number of nitriles is 1. The van der Waals surface area contributed by atoms with Crippen LogP contribution in [0.1, 0.15) is 11.5 Å². The number of benzene rings is 1. The van der Waals surface area contributed by atoms with Gasteiger partial charge in [0.15, 0.2) is 5.69 Å². The lowest BCUT2D eigenvalue weighted by Gasteiger charge is -1.93. The first-order valence-corrected chi connectivity index (χ1v) is 4.85. The van der Waals surface area contributed by atoms with E-state index < -0.39 is 0 Å². The minimum absolute atomic E-state index is 0.368. The summed E-state index contributed by atoms with van der Waals surface area (Å²) >= 11 is 0. The quantitative estimate of drug-likeness (QED) is 0.570. The van der Waals surface area contributed by atoms with Crippen LogP contribution in [0.4, 0.5) is 0 Å². The lowest BCUT2D eigenvalue weighted by molar-refractivity contribution is 0.650. The summed E-state index contributed by atoms with van der Waals surface area (Å²) in [6.07, 6.45) is 0. The Labute approximate surface area is 91.2 Å². The molecule has 0 atom stereocenters. The number of hydrogen-bond acceptors (Lipinski definition) is 4. The molecule has 0 aliphatic rings. The number of para-hydroxylation sites is 1. The smallest absolute Gasteiger partial charge is 0.231 e. The van der Waals surface area contributed by atoms with Crippen molar-refractivity contribution in [3.05, 3.63) is 35.8 Å². The van der Waals surface area contributed by atoms with E-state index in [9.17, 15) is 0 Å². The number of aryl methyl sites for hydroxylation is 1. The SMILES string of the molecule is Cc1nc(C#N)c2c(n1)oc1ccccc12. The van der Waals surface area contributed by atoms with Gasteiger partial charge < -0.3 is 4.42 Å².